The quantitative estimate of drug-likeness (QED) is 0.717. The molecular formula is C15H17N5O2S. The van der Waals surface area contributed by atoms with Gasteiger partial charge in [-0.3, -0.25) is 4.79 Å². The maximum atomic E-state index is 12.0. The van der Waals surface area contributed by atoms with E-state index in [4.69, 9.17) is 4.42 Å². The van der Waals surface area contributed by atoms with Crippen molar-refractivity contribution in [3.05, 3.63) is 41.4 Å². The molecule has 1 atom stereocenters. The molecule has 0 bridgehead atoms. The topological polar surface area (TPSA) is 85.8 Å². The highest BCUT2D eigenvalue weighted by Gasteiger charge is 2.12. The van der Waals surface area contributed by atoms with Gasteiger partial charge >= 0.3 is 0 Å². The van der Waals surface area contributed by atoms with E-state index in [1.165, 1.54) is 0 Å². The Bertz CT molecular complexity index is 736. The molecule has 120 valence electrons. The number of amides is 1. The fraction of sp³-hybridized carbons (Fsp3) is 0.333. The molecule has 0 aliphatic rings. The minimum Gasteiger partial charge on any atom is -0.421 e. The van der Waals surface area contributed by atoms with Crippen LogP contribution < -0.4 is 5.32 Å². The number of carbonyl (C=O) groups is 1. The summed E-state index contributed by atoms with van der Waals surface area (Å²) in [5, 5.41) is 14.8. The monoisotopic (exact) mass is 331 g/mol. The summed E-state index contributed by atoms with van der Waals surface area (Å²) in [6.45, 7) is 2.65. The van der Waals surface area contributed by atoms with E-state index in [0.29, 0.717) is 31.2 Å². The molecule has 23 heavy (non-hydrogen) atoms. The third kappa shape index (κ3) is 4.26. The molecule has 3 aromatic rings. The van der Waals surface area contributed by atoms with Crippen LogP contribution in [0.3, 0.4) is 0 Å². The molecule has 0 aliphatic carbocycles. The minimum atomic E-state index is -0.0344. The molecule has 8 heteroatoms. The SMILES string of the molecule is CC(Cn1ccnc1)NC(=O)CCc1nnc(-c2ccsc2)o1. The molecule has 1 amide bonds. The number of imidazole rings is 1. The van der Waals surface area contributed by atoms with Crippen LogP contribution in [0.4, 0.5) is 0 Å². The molecule has 3 aromatic heterocycles. The number of hydrogen-bond acceptors (Lipinski definition) is 6. The van der Waals surface area contributed by atoms with Crippen molar-refractivity contribution in [3.8, 4) is 11.5 Å². The highest BCUT2D eigenvalue weighted by Crippen LogP contribution is 2.20. The van der Waals surface area contributed by atoms with Crippen LogP contribution in [0.1, 0.15) is 19.2 Å². The molecule has 0 saturated heterocycles. The molecule has 3 rings (SSSR count). The molecule has 1 N–H and O–H groups in total. The Hall–Kier alpha value is -2.48. The van der Waals surface area contributed by atoms with Gasteiger partial charge in [0.25, 0.3) is 0 Å². The van der Waals surface area contributed by atoms with Crippen LogP contribution in [0.2, 0.25) is 0 Å². The van der Waals surface area contributed by atoms with Crippen molar-refractivity contribution < 1.29 is 9.21 Å². The Morgan fingerprint density at radius 2 is 2.39 bits per heavy atom. The number of aromatic nitrogens is 4. The van der Waals surface area contributed by atoms with Crippen molar-refractivity contribution in [3.63, 3.8) is 0 Å². The van der Waals surface area contributed by atoms with Crippen molar-refractivity contribution in [1.82, 2.24) is 25.1 Å². The molecule has 0 fully saturated rings. The van der Waals surface area contributed by atoms with Crippen LogP contribution in [0.5, 0.6) is 0 Å². The average molecular weight is 331 g/mol. The standard InChI is InChI=1S/C15H17N5O2S/c1-11(8-20-6-5-16-10-20)17-13(21)2-3-14-18-19-15(22-14)12-4-7-23-9-12/h4-7,9-11H,2-3,8H2,1H3,(H,17,21). The van der Waals surface area contributed by atoms with E-state index in [-0.39, 0.29) is 11.9 Å². The first-order chi connectivity index (χ1) is 11.2. The van der Waals surface area contributed by atoms with Gasteiger partial charge in [-0.15, -0.1) is 10.2 Å². The van der Waals surface area contributed by atoms with Gasteiger partial charge in [-0.25, -0.2) is 4.98 Å². The summed E-state index contributed by atoms with van der Waals surface area (Å²) in [4.78, 5) is 15.9. The van der Waals surface area contributed by atoms with Gasteiger partial charge in [-0.1, -0.05) is 0 Å². The number of nitrogens with one attached hydrogen (secondary N) is 1. The lowest BCUT2D eigenvalue weighted by atomic mass is 10.2. The van der Waals surface area contributed by atoms with Crippen LogP contribution in [0, 0.1) is 0 Å². The van der Waals surface area contributed by atoms with Gasteiger partial charge in [-0.2, -0.15) is 11.3 Å². The number of nitrogens with zero attached hydrogens (tertiary/aromatic N) is 4. The molecule has 7 nitrogen and oxygen atoms in total. The van der Waals surface area contributed by atoms with Gasteiger partial charge in [0.1, 0.15) is 0 Å². The van der Waals surface area contributed by atoms with Gasteiger partial charge in [0.2, 0.25) is 17.7 Å². The van der Waals surface area contributed by atoms with Crippen LogP contribution in [0.15, 0.2) is 40.0 Å². The zero-order valence-electron chi connectivity index (χ0n) is 12.7. The first-order valence-electron chi connectivity index (χ1n) is 7.31. The second-order valence-corrected chi connectivity index (χ2v) is 6.02. The highest BCUT2D eigenvalue weighted by atomic mass is 32.1. The number of hydrogen-bond donors (Lipinski definition) is 1. The van der Waals surface area contributed by atoms with Gasteiger partial charge in [0, 0.05) is 48.8 Å². The largest absolute Gasteiger partial charge is 0.421 e. The predicted molar refractivity (Wildman–Crippen MR) is 85.8 cm³/mol. The zero-order valence-corrected chi connectivity index (χ0v) is 13.5. The Kier molecular flexibility index (Phi) is 4.82. The van der Waals surface area contributed by atoms with Crippen LogP contribution in [-0.2, 0) is 17.8 Å². The van der Waals surface area contributed by atoms with E-state index in [9.17, 15) is 4.79 Å². The van der Waals surface area contributed by atoms with E-state index in [1.54, 1.807) is 23.9 Å². The van der Waals surface area contributed by atoms with Gasteiger partial charge in [0.15, 0.2) is 0 Å². The maximum Gasteiger partial charge on any atom is 0.248 e. The fourth-order valence-corrected chi connectivity index (χ4v) is 2.81. The third-order valence-electron chi connectivity index (χ3n) is 3.25. The van der Waals surface area contributed by atoms with Crippen molar-refractivity contribution in [2.45, 2.75) is 32.4 Å². The predicted octanol–water partition coefficient (Wildman–Crippen LogP) is 2.13. The molecule has 0 radical (unpaired) electrons. The summed E-state index contributed by atoms with van der Waals surface area (Å²) in [6.07, 6.45) is 6.07. The lowest BCUT2D eigenvalue weighted by Gasteiger charge is -2.13. The van der Waals surface area contributed by atoms with E-state index >= 15 is 0 Å². The number of rotatable bonds is 7. The second kappa shape index (κ2) is 7.19. The summed E-state index contributed by atoms with van der Waals surface area (Å²) in [5.74, 6) is 0.937. The van der Waals surface area contributed by atoms with E-state index in [2.05, 4.69) is 20.5 Å². The molecule has 0 saturated carbocycles. The van der Waals surface area contributed by atoms with Crippen molar-refractivity contribution in [2.75, 3.05) is 0 Å². The van der Waals surface area contributed by atoms with Crippen molar-refractivity contribution in [2.24, 2.45) is 0 Å². The molecular weight excluding hydrogens is 314 g/mol. The minimum absolute atomic E-state index is 0.0285. The van der Waals surface area contributed by atoms with Crippen molar-refractivity contribution >= 4 is 17.2 Å². The first kappa shape index (κ1) is 15.4. The zero-order chi connectivity index (χ0) is 16.1. The van der Waals surface area contributed by atoms with Crippen LogP contribution >= 0.6 is 11.3 Å². The Balaban J connectivity index is 1.45. The summed E-state index contributed by atoms with van der Waals surface area (Å²) in [7, 11) is 0. The van der Waals surface area contributed by atoms with Crippen LogP contribution in [0.25, 0.3) is 11.5 Å². The Morgan fingerprint density at radius 3 is 3.13 bits per heavy atom. The maximum absolute atomic E-state index is 12.0. The van der Waals surface area contributed by atoms with E-state index in [1.807, 2.05) is 34.5 Å². The van der Waals surface area contributed by atoms with E-state index in [0.717, 1.165) is 5.56 Å². The van der Waals surface area contributed by atoms with E-state index < -0.39 is 0 Å². The second-order valence-electron chi connectivity index (χ2n) is 5.24. The molecule has 0 aliphatic heterocycles. The third-order valence-corrected chi connectivity index (χ3v) is 3.94. The Labute approximate surface area is 137 Å². The normalized spacial score (nSPS) is 12.2. The summed E-state index contributed by atoms with van der Waals surface area (Å²) >= 11 is 1.57. The first-order valence-corrected chi connectivity index (χ1v) is 8.25. The fourth-order valence-electron chi connectivity index (χ4n) is 2.18. The lowest BCUT2D eigenvalue weighted by Crippen LogP contribution is -2.35. The molecule has 0 aromatic carbocycles. The smallest absolute Gasteiger partial charge is 0.248 e. The van der Waals surface area contributed by atoms with Crippen molar-refractivity contribution in [1.29, 1.82) is 0 Å². The molecule has 3 heterocycles. The number of aryl methyl sites for hydroxylation is 1. The molecule has 0 spiro atoms. The van der Waals surface area contributed by atoms with Gasteiger partial charge in [-0.05, 0) is 18.4 Å². The van der Waals surface area contributed by atoms with Crippen LogP contribution in [-0.4, -0.2) is 31.7 Å². The summed E-state index contributed by atoms with van der Waals surface area (Å²) < 4.78 is 7.49. The summed E-state index contributed by atoms with van der Waals surface area (Å²) in [6, 6.07) is 1.95. The molecule has 1 unspecified atom stereocenters. The summed E-state index contributed by atoms with van der Waals surface area (Å²) in [5.41, 5.74) is 0.909. The Morgan fingerprint density at radius 1 is 1.48 bits per heavy atom. The number of carbonyl (C=O) groups excluding carboxylic acids is 1. The van der Waals surface area contributed by atoms with Gasteiger partial charge < -0.3 is 14.3 Å². The average Bonchev–Trinajstić information content (AvgIpc) is 3.26. The lowest BCUT2D eigenvalue weighted by molar-refractivity contribution is -0.121. The highest BCUT2D eigenvalue weighted by molar-refractivity contribution is 7.08. The van der Waals surface area contributed by atoms with Gasteiger partial charge in [0.05, 0.1) is 6.33 Å². The number of thiophene rings is 1.